The van der Waals surface area contributed by atoms with E-state index in [1.165, 1.54) is 16.7 Å². The van der Waals surface area contributed by atoms with E-state index >= 15 is 0 Å². The molecule has 6 rings (SSSR count). The Kier molecular flexibility index (Phi) is 5.13. The second-order valence-electron chi connectivity index (χ2n) is 14.0. The van der Waals surface area contributed by atoms with E-state index in [1.54, 1.807) is 6.92 Å². The van der Waals surface area contributed by atoms with Crippen molar-refractivity contribution in [3.63, 3.8) is 0 Å². The third-order valence-electron chi connectivity index (χ3n) is 11.3. The maximum atomic E-state index is 11.9. The van der Waals surface area contributed by atoms with Crippen molar-refractivity contribution in [2.45, 2.75) is 103 Å². The SMILES string of the molecule is CC(=O)c1ccc([C@H]2C[C@]3(C)[C@@H](O)CC[C@H]3[C@@H]3CCC4=C(CC(O)(O)C5(C4)CC(C)(C)C5)[C@H]32)cc1. The molecule has 0 bridgehead atoms. The number of allylic oxidation sites excluding steroid dienone is 1. The van der Waals surface area contributed by atoms with Crippen molar-refractivity contribution in [1.82, 2.24) is 0 Å². The van der Waals surface area contributed by atoms with Gasteiger partial charge < -0.3 is 15.3 Å². The fourth-order valence-electron chi connectivity index (χ4n) is 9.93. The summed E-state index contributed by atoms with van der Waals surface area (Å²) in [4.78, 5) is 11.9. The van der Waals surface area contributed by atoms with Crippen LogP contribution in [0, 0.1) is 34.0 Å². The number of hydrogen-bond acceptors (Lipinski definition) is 4. The summed E-state index contributed by atoms with van der Waals surface area (Å²) < 4.78 is 0. The molecular formula is C31H42O4. The molecule has 35 heavy (non-hydrogen) atoms. The summed E-state index contributed by atoms with van der Waals surface area (Å²) >= 11 is 0. The van der Waals surface area contributed by atoms with Gasteiger partial charge in [0.1, 0.15) is 0 Å². The standard InChI is InChI=1S/C31H42O4/c1-18(32)19-5-7-20(8-6-19)23-14-29(4)25(11-12-26(29)33)22-10-9-21-13-30(16-28(2,3)17-30)31(34,35)15-24(21)27(22)23/h5-8,22-23,25-27,33-35H,9-17H2,1-4H3/t22-,23+,25-,26-,27+,29-/m0/s1. The second kappa shape index (κ2) is 7.52. The number of hydrogen-bond donors (Lipinski definition) is 3. The highest BCUT2D eigenvalue weighted by molar-refractivity contribution is 5.94. The Morgan fingerprint density at radius 2 is 1.66 bits per heavy atom. The summed E-state index contributed by atoms with van der Waals surface area (Å²) in [5.41, 5.74) is 4.44. The molecule has 3 N–H and O–H groups in total. The van der Waals surface area contributed by atoms with Crippen molar-refractivity contribution >= 4 is 5.78 Å². The van der Waals surface area contributed by atoms with Gasteiger partial charge in [0, 0.05) is 17.4 Å². The van der Waals surface area contributed by atoms with Crippen LogP contribution in [-0.2, 0) is 0 Å². The van der Waals surface area contributed by atoms with Gasteiger partial charge in [0.05, 0.1) is 6.10 Å². The van der Waals surface area contributed by atoms with Crippen LogP contribution in [0.25, 0.3) is 0 Å². The van der Waals surface area contributed by atoms with Crippen LogP contribution < -0.4 is 0 Å². The van der Waals surface area contributed by atoms with Crippen molar-refractivity contribution in [3.05, 3.63) is 46.5 Å². The third kappa shape index (κ3) is 3.39. The highest BCUT2D eigenvalue weighted by Gasteiger charge is 2.65. The fourth-order valence-corrected chi connectivity index (χ4v) is 9.93. The van der Waals surface area contributed by atoms with Gasteiger partial charge in [-0.15, -0.1) is 0 Å². The van der Waals surface area contributed by atoms with Crippen LogP contribution in [0.3, 0.4) is 0 Å². The minimum atomic E-state index is -1.65. The Morgan fingerprint density at radius 1 is 0.971 bits per heavy atom. The number of rotatable bonds is 2. The van der Waals surface area contributed by atoms with Crippen LogP contribution in [0.5, 0.6) is 0 Å². The highest BCUT2D eigenvalue weighted by Crippen LogP contribution is 2.70. The van der Waals surface area contributed by atoms with Gasteiger partial charge in [-0.05, 0) is 98.4 Å². The molecule has 0 amide bonds. The predicted molar refractivity (Wildman–Crippen MR) is 136 cm³/mol. The van der Waals surface area contributed by atoms with Crippen LogP contribution in [0.2, 0.25) is 0 Å². The van der Waals surface area contributed by atoms with Gasteiger partial charge in [0.25, 0.3) is 0 Å². The van der Waals surface area contributed by atoms with Crippen LogP contribution in [0.1, 0.15) is 107 Å². The molecule has 3 fully saturated rings. The van der Waals surface area contributed by atoms with Crippen LogP contribution in [-0.4, -0.2) is 33.0 Å². The third-order valence-corrected chi connectivity index (χ3v) is 11.3. The molecule has 0 saturated heterocycles. The van der Waals surface area contributed by atoms with Crippen molar-refractivity contribution in [2.24, 2.45) is 34.0 Å². The van der Waals surface area contributed by atoms with Crippen molar-refractivity contribution in [2.75, 3.05) is 0 Å². The van der Waals surface area contributed by atoms with E-state index < -0.39 is 11.2 Å². The van der Waals surface area contributed by atoms with Crippen molar-refractivity contribution in [1.29, 1.82) is 0 Å². The maximum absolute atomic E-state index is 11.9. The molecule has 5 aliphatic rings. The van der Waals surface area contributed by atoms with E-state index in [4.69, 9.17) is 0 Å². The topological polar surface area (TPSA) is 77.8 Å². The normalized spacial score (nSPS) is 40.5. The number of aliphatic hydroxyl groups is 3. The lowest BCUT2D eigenvalue weighted by Crippen LogP contribution is -2.61. The quantitative estimate of drug-likeness (QED) is 0.287. The summed E-state index contributed by atoms with van der Waals surface area (Å²) in [6.07, 6.45) is 7.72. The zero-order valence-electron chi connectivity index (χ0n) is 21.8. The number of ketones is 1. The Labute approximate surface area is 209 Å². The van der Waals surface area contributed by atoms with E-state index in [2.05, 4.69) is 32.9 Å². The van der Waals surface area contributed by atoms with Gasteiger partial charge in [-0.25, -0.2) is 0 Å². The molecule has 3 saturated carbocycles. The molecule has 4 nitrogen and oxygen atoms in total. The highest BCUT2D eigenvalue weighted by atomic mass is 16.5. The van der Waals surface area contributed by atoms with Crippen LogP contribution >= 0.6 is 0 Å². The molecule has 1 aromatic rings. The molecule has 1 aromatic carbocycles. The van der Waals surface area contributed by atoms with Gasteiger partial charge in [-0.2, -0.15) is 0 Å². The molecule has 1 spiro atoms. The Morgan fingerprint density at radius 3 is 2.29 bits per heavy atom. The Hall–Kier alpha value is -1.49. The molecule has 0 heterocycles. The van der Waals surface area contributed by atoms with Crippen molar-refractivity contribution in [3.8, 4) is 0 Å². The number of carbonyl (C=O) groups excluding carboxylic acids is 1. The zero-order valence-corrected chi connectivity index (χ0v) is 21.8. The molecule has 0 aliphatic heterocycles. The zero-order chi connectivity index (χ0) is 25.0. The van der Waals surface area contributed by atoms with Gasteiger partial charge >= 0.3 is 0 Å². The number of benzene rings is 1. The van der Waals surface area contributed by atoms with E-state index in [-0.39, 0.29) is 34.6 Å². The lowest BCUT2D eigenvalue weighted by Gasteiger charge is -2.63. The van der Waals surface area contributed by atoms with Crippen LogP contribution in [0.4, 0.5) is 0 Å². The first-order valence-corrected chi connectivity index (χ1v) is 13.8. The molecule has 0 radical (unpaired) electrons. The lowest BCUT2D eigenvalue weighted by atomic mass is 9.43. The largest absolute Gasteiger partial charge is 0.393 e. The van der Waals surface area contributed by atoms with Crippen LogP contribution in [0.15, 0.2) is 35.4 Å². The van der Waals surface area contributed by atoms with Gasteiger partial charge in [-0.3, -0.25) is 4.79 Å². The average molecular weight is 479 g/mol. The lowest BCUT2D eigenvalue weighted by molar-refractivity contribution is -0.296. The van der Waals surface area contributed by atoms with E-state index in [9.17, 15) is 20.1 Å². The summed E-state index contributed by atoms with van der Waals surface area (Å²) in [6.45, 7) is 8.37. The van der Waals surface area contributed by atoms with Gasteiger partial charge in [-0.1, -0.05) is 56.2 Å². The first-order chi connectivity index (χ1) is 16.4. The molecule has 4 heteroatoms. The smallest absolute Gasteiger partial charge is 0.172 e. The van der Waals surface area contributed by atoms with E-state index in [0.29, 0.717) is 18.3 Å². The number of Topliss-reactive ketones (excluding diaryl/α,β-unsaturated/α-hetero) is 1. The first-order valence-electron chi connectivity index (χ1n) is 13.8. The molecule has 6 atom stereocenters. The second-order valence-corrected chi connectivity index (χ2v) is 14.0. The number of carbonyl (C=O) groups is 1. The minimum absolute atomic E-state index is 0.0744. The van der Waals surface area contributed by atoms with Gasteiger partial charge in [0.15, 0.2) is 11.6 Å². The number of aliphatic hydroxyl groups excluding tert-OH is 1. The maximum Gasteiger partial charge on any atom is 0.172 e. The summed E-state index contributed by atoms with van der Waals surface area (Å²) in [7, 11) is 0. The molecule has 0 aromatic heterocycles. The predicted octanol–water partition coefficient (Wildman–Crippen LogP) is 5.76. The Balaban J connectivity index is 1.43. The summed E-state index contributed by atoms with van der Waals surface area (Å²) in [6, 6.07) is 8.11. The average Bonchev–Trinajstić information content (AvgIpc) is 3.07. The number of fused-ring (bicyclic) bond motifs is 4. The molecule has 0 unspecified atom stereocenters. The van der Waals surface area contributed by atoms with E-state index in [0.717, 1.165) is 56.9 Å². The molecular weight excluding hydrogens is 436 g/mol. The fraction of sp³-hybridized carbons (Fsp3) is 0.710. The van der Waals surface area contributed by atoms with Crippen molar-refractivity contribution < 1.29 is 20.1 Å². The monoisotopic (exact) mass is 478 g/mol. The molecule has 190 valence electrons. The summed E-state index contributed by atoms with van der Waals surface area (Å²) in [5, 5.41) is 34.1. The Bertz CT molecular complexity index is 1070. The molecule has 5 aliphatic carbocycles. The van der Waals surface area contributed by atoms with E-state index in [1.807, 2.05) is 12.1 Å². The summed E-state index contributed by atoms with van der Waals surface area (Å²) in [5.74, 6) is -0.121. The first kappa shape index (κ1) is 23.9. The minimum Gasteiger partial charge on any atom is -0.393 e. The van der Waals surface area contributed by atoms with Gasteiger partial charge in [0.2, 0.25) is 0 Å².